The zero-order valence-electron chi connectivity index (χ0n) is 19.5. The molecule has 0 heterocycles. The average Bonchev–Trinajstić information content (AvgIpc) is 3.67. The second-order valence-electron chi connectivity index (χ2n) is 8.02. The molecule has 0 radical (unpaired) electrons. The van der Waals surface area contributed by atoms with Gasteiger partial charge in [-0.2, -0.15) is 5.26 Å². The summed E-state index contributed by atoms with van der Waals surface area (Å²) in [5, 5.41) is 10.1. The van der Waals surface area contributed by atoms with Crippen LogP contribution in [-0.4, -0.2) is 0 Å². The van der Waals surface area contributed by atoms with Gasteiger partial charge in [0.05, 0.1) is 6.07 Å². The Kier molecular flexibility index (Phi) is 8.04. The van der Waals surface area contributed by atoms with E-state index in [1.807, 2.05) is 140 Å². The van der Waals surface area contributed by atoms with Gasteiger partial charge in [-0.25, -0.2) is 0 Å². The summed E-state index contributed by atoms with van der Waals surface area (Å²) < 4.78 is 0. The van der Waals surface area contributed by atoms with Gasteiger partial charge in [0.15, 0.2) is 0 Å². The van der Waals surface area contributed by atoms with Gasteiger partial charge in [0, 0.05) is 0 Å². The molecule has 6 rings (SSSR count). The van der Waals surface area contributed by atoms with E-state index < -0.39 is 5.41 Å². The molecule has 0 unspecified atom stereocenters. The summed E-state index contributed by atoms with van der Waals surface area (Å²) in [5.41, 5.74) is 4.90. The molecular formula is C34H27N. The van der Waals surface area contributed by atoms with E-state index >= 15 is 0 Å². The number of nitrogens with zero attached hydrogens (tertiary/aromatic N) is 1. The van der Waals surface area contributed by atoms with Crippen molar-refractivity contribution in [1.29, 1.82) is 5.26 Å². The molecule has 0 fully saturated rings. The van der Waals surface area contributed by atoms with Crippen LogP contribution in [0.5, 0.6) is 0 Å². The van der Waals surface area contributed by atoms with Crippen LogP contribution < -0.4 is 0 Å². The fraction of sp³-hybridized carbons (Fsp3) is 0.0294. The minimum absolute atomic E-state index is 0.635. The summed E-state index contributed by atoms with van der Waals surface area (Å²) in [6.45, 7) is 0. The second-order valence-corrected chi connectivity index (χ2v) is 8.02. The van der Waals surface area contributed by atoms with E-state index in [0.717, 1.165) is 27.8 Å². The normalized spacial score (nSPS) is 12.7. The summed E-state index contributed by atoms with van der Waals surface area (Å²) in [7, 11) is 0. The van der Waals surface area contributed by atoms with Gasteiger partial charge < -0.3 is 0 Å². The van der Waals surface area contributed by atoms with Crippen molar-refractivity contribution in [2.75, 3.05) is 0 Å². The maximum Gasteiger partial charge on any atom is 0.134 e. The molecule has 0 aliphatic heterocycles. The molecule has 0 saturated heterocycles. The van der Waals surface area contributed by atoms with Crippen molar-refractivity contribution in [3.05, 3.63) is 180 Å². The molecule has 35 heavy (non-hydrogen) atoms. The van der Waals surface area contributed by atoms with Crippen molar-refractivity contribution in [3.8, 4) is 6.07 Å². The van der Waals surface area contributed by atoms with Crippen LogP contribution in [0.25, 0.3) is 11.1 Å². The van der Waals surface area contributed by atoms with Crippen molar-refractivity contribution >= 4 is 11.1 Å². The molecule has 0 amide bonds. The summed E-state index contributed by atoms with van der Waals surface area (Å²) >= 11 is 0. The third-order valence-electron chi connectivity index (χ3n) is 5.77. The highest BCUT2D eigenvalue weighted by Gasteiger charge is 2.56. The molecule has 0 atom stereocenters. The summed E-state index contributed by atoms with van der Waals surface area (Å²) in [5.74, 6) is 0. The maximum absolute atomic E-state index is 10.1. The molecule has 1 nitrogen and oxygen atoms in total. The Labute approximate surface area is 208 Å². The van der Waals surface area contributed by atoms with Gasteiger partial charge in [-0.3, -0.25) is 0 Å². The van der Waals surface area contributed by atoms with E-state index in [4.69, 9.17) is 0 Å². The Bertz CT molecular complexity index is 1220. The van der Waals surface area contributed by atoms with Crippen LogP contribution in [0.15, 0.2) is 164 Å². The molecule has 0 saturated carbocycles. The molecule has 168 valence electrons. The molecule has 1 aliphatic rings. The van der Waals surface area contributed by atoms with Gasteiger partial charge in [-0.15, -0.1) is 0 Å². The lowest BCUT2D eigenvalue weighted by Gasteiger charge is -2.12. The molecule has 0 aromatic heterocycles. The van der Waals surface area contributed by atoms with Gasteiger partial charge in [0.25, 0.3) is 0 Å². The first-order chi connectivity index (χ1) is 17.4. The predicted octanol–water partition coefficient (Wildman–Crippen LogP) is 8.45. The predicted molar refractivity (Wildman–Crippen MR) is 146 cm³/mol. The fourth-order valence-corrected chi connectivity index (χ4v) is 4.14. The van der Waals surface area contributed by atoms with E-state index in [1.54, 1.807) is 0 Å². The molecule has 0 bridgehead atoms. The highest BCUT2D eigenvalue weighted by Crippen LogP contribution is 2.64. The van der Waals surface area contributed by atoms with Crippen molar-refractivity contribution in [3.63, 3.8) is 0 Å². The summed E-state index contributed by atoms with van der Waals surface area (Å²) in [6.07, 6.45) is 0. The minimum atomic E-state index is -0.635. The van der Waals surface area contributed by atoms with Gasteiger partial charge in [0.1, 0.15) is 5.41 Å². The number of hydrogen-bond acceptors (Lipinski definition) is 1. The van der Waals surface area contributed by atoms with Gasteiger partial charge in [-0.05, 0) is 27.8 Å². The number of nitriles is 1. The Morgan fingerprint density at radius 2 is 0.629 bits per heavy atom. The number of hydrogen-bond donors (Lipinski definition) is 0. The lowest BCUT2D eigenvalue weighted by molar-refractivity contribution is 1.02. The topological polar surface area (TPSA) is 23.8 Å². The Hall–Kier alpha value is -4.67. The molecule has 5 aromatic rings. The zero-order chi connectivity index (χ0) is 24.2. The van der Waals surface area contributed by atoms with Crippen LogP contribution in [0.3, 0.4) is 0 Å². The van der Waals surface area contributed by atoms with E-state index in [0.29, 0.717) is 0 Å². The lowest BCUT2D eigenvalue weighted by Crippen LogP contribution is -2.10. The zero-order valence-corrected chi connectivity index (χ0v) is 19.5. The Balaban J connectivity index is 0.000000196. The summed E-state index contributed by atoms with van der Waals surface area (Å²) in [4.78, 5) is 0. The number of allylic oxidation sites excluding steroid dienone is 2. The van der Waals surface area contributed by atoms with Crippen LogP contribution in [0.1, 0.15) is 16.7 Å². The maximum atomic E-state index is 10.1. The lowest BCUT2D eigenvalue weighted by atomic mass is 9.86. The quantitative estimate of drug-likeness (QED) is 0.271. The van der Waals surface area contributed by atoms with Crippen LogP contribution in [-0.2, 0) is 5.41 Å². The van der Waals surface area contributed by atoms with Crippen molar-refractivity contribution < 1.29 is 0 Å². The van der Waals surface area contributed by atoms with E-state index in [9.17, 15) is 5.26 Å². The van der Waals surface area contributed by atoms with E-state index in [2.05, 4.69) is 30.3 Å². The van der Waals surface area contributed by atoms with Crippen molar-refractivity contribution in [1.82, 2.24) is 0 Å². The molecule has 0 N–H and O–H groups in total. The number of benzene rings is 5. The summed E-state index contributed by atoms with van der Waals surface area (Å²) in [6, 6.07) is 57.1. The van der Waals surface area contributed by atoms with Gasteiger partial charge in [0.2, 0.25) is 0 Å². The largest absolute Gasteiger partial charge is 0.197 e. The van der Waals surface area contributed by atoms with Crippen LogP contribution in [0.2, 0.25) is 0 Å². The Morgan fingerprint density at radius 3 is 0.914 bits per heavy atom. The first-order valence-corrected chi connectivity index (χ1v) is 11.7. The van der Waals surface area contributed by atoms with Crippen molar-refractivity contribution in [2.24, 2.45) is 0 Å². The smallest absolute Gasteiger partial charge is 0.134 e. The third kappa shape index (κ3) is 5.64. The Morgan fingerprint density at radius 1 is 0.371 bits per heavy atom. The highest BCUT2D eigenvalue weighted by atomic mass is 14.6. The van der Waals surface area contributed by atoms with Crippen molar-refractivity contribution in [2.45, 2.75) is 5.41 Å². The third-order valence-corrected chi connectivity index (χ3v) is 5.77. The standard InChI is InChI=1S/C22H15N.2C6H6/c23-16-22(19-14-8-3-9-15-19)20(17-10-4-1-5-11-17)21(22)18-12-6-2-7-13-18;2*1-2-4-6-5-3-1/h1-15H;2*1-6H. The monoisotopic (exact) mass is 449 g/mol. The molecule has 5 aromatic carbocycles. The highest BCUT2D eigenvalue weighted by molar-refractivity contribution is 6.21. The van der Waals surface area contributed by atoms with Gasteiger partial charge in [-0.1, -0.05) is 164 Å². The van der Waals surface area contributed by atoms with Gasteiger partial charge >= 0.3 is 0 Å². The average molecular weight is 450 g/mol. The molecule has 1 aliphatic carbocycles. The second kappa shape index (κ2) is 12.0. The van der Waals surface area contributed by atoms with Crippen LogP contribution in [0, 0.1) is 11.3 Å². The van der Waals surface area contributed by atoms with Crippen LogP contribution >= 0.6 is 0 Å². The SMILES string of the molecule is N#CC1(c2ccccc2)C(c2ccccc2)=C1c1ccccc1.c1ccccc1.c1ccccc1. The van der Waals surface area contributed by atoms with E-state index in [-0.39, 0.29) is 0 Å². The number of rotatable bonds is 3. The molecule has 1 heteroatoms. The molecule has 0 spiro atoms. The molecular weight excluding hydrogens is 422 g/mol. The van der Waals surface area contributed by atoms with E-state index in [1.165, 1.54) is 0 Å². The van der Waals surface area contributed by atoms with Crippen LogP contribution in [0.4, 0.5) is 0 Å². The minimum Gasteiger partial charge on any atom is -0.197 e. The first kappa shape index (κ1) is 23.5. The fourth-order valence-electron chi connectivity index (χ4n) is 4.14. The first-order valence-electron chi connectivity index (χ1n) is 11.7.